The number of nitrogens with one attached hydrogen (secondary N) is 1. The van der Waals surface area contributed by atoms with Crippen molar-refractivity contribution in [1.29, 1.82) is 0 Å². The number of rotatable bonds is 6. The van der Waals surface area contributed by atoms with Crippen molar-refractivity contribution in [3.05, 3.63) is 23.7 Å². The highest BCUT2D eigenvalue weighted by Crippen LogP contribution is 2.17. The predicted molar refractivity (Wildman–Crippen MR) is 71.4 cm³/mol. The lowest BCUT2D eigenvalue weighted by Crippen LogP contribution is -2.34. The van der Waals surface area contributed by atoms with Crippen molar-refractivity contribution in [2.45, 2.75) is 39.0 Å². The molecule has 1 aromatic rings. The standard InChI is InChI=1S/C14H24N2O2/c1-3-15-10-14-12(6-9-17-14)11-18-13-4-7-16(2)8-5-13/h6,9,13,15H,3-5,7-8,10-11H2,1-2H3. The average Bonchev–Trinajstić information content (AvgIpc) is 2.83. The Bertz CT molecular complexity index is 343. The molecule has 1 N–H and O–H groups in total. The second-order valence-corrected chi connectivity index (χ2v) is 4.96. The summed E-state index contributed by atoms with van der Waals surface area (Å²) in [5, 5.41) is 3.28. The third-order valence-corrected chi connectivity index (χ3v) is 3.51. The van der Waals surface area contributed by atoms with Crippen LogP contribution >= 0.6 is 0 Å². The Hall–Kier alpha value is -0.840. The van der Waals surface area contributed by atoms with Crippen molar-refractivity contribution in [3.8, 4) is 0 Å². The highest BCUT2D eigenvalue weighted by Gasteiger charge is 2.17. The van der Waals surface area contributed by atoms with Crippen molar-refractivity contribution < 1.29 is 9.15 Å². The zero-order chi connectivity index (χ0) is 12.8. The Morgan fingerprint density at radius 1 is 1.44 bits per heavy atom. The SMILES string of the molecule is CCNCc1occc1COC1CCN(C)CC1. The van der Waals surface area contributed by atoms with Gasteiger partial charge in [0.05, 0.1) is 25.5 Å². The van der Waals surface area contributed by atoms with Crippen molar-refractivity contribution >= 4 is 0 Å². The van der Waals surface area contributed by atoms with Gasteiger partial charge in [0.1, 0.15) is 5.76 Å². The van der Waals surface area contributed by atoms with Crippen LogP contribution in [0.5, 0.6) is 0 Å². The summed E-state index contributed by atoms with van der Waals surface area (Å²) < 4.78 is 11.5. The van der Waals surface area contributed by atoms with Gasteiger partial charge in [0, 0.05) is 18.7 Å². The van der Waals surface area contributed by atoms with Crippen LogP contribution < -0.4 is 5.32 Å². The van der Waals surface area contributed by atoms with Crippen LogP contribution in [0.25, 0.3) is 0 Å². The molecule has 4 heteroatoms. The molecule has 0 aliphatic carbocycles. The Morgan fingerprint density at radius 3 is 2.94 bits per heavy atom. The van der Waals surface area contributed by atoms with Crippen LogP contribution in [0.1, 0.15) is 31.1 Å². The van der Waals surface area contributed by atoms with Crippen LogP contribution in [-0.4, -0.2) is 37.7 Å². The van der Waals surface area contributed by atoms with Crippen molar-refractivity contribution in [2.24, 2.45) is 0 Å². The van der Waals surface area contributed by atoms with Crippen molar-refractivity contribution in [1.82, 2.24) is 10.2 Å². The number of furan rings is 1. The zero-order valence-electron chi connectivity index (χ0n) is 11.4. The minimum Gasteiger partial charge on any atom is -0.468 e. The zero-order valence-corrected chi connectivity index (χ0v) is 11.4. The van der Waals surface area contributed by atoms with Gasteiger partial charge < -0.3 is 19.4 Å². The molecule has 1 saturated heterocycles. The maximum atomic E-state index is 5.98. The van der Waals surface area contributed by atoms with E-state index in [1.165, 1.54) is 5.56 Å². The maximum Gasteiger partial charge on any atom is 0.123 e. The lowest BCUT2D eigenvalue weighted by atomic mass is 10.1. The first-order valence-corrected chi connectivity index (χ1v) is 6.85. The molecule has 2 rings (SSSR count). The van der Waals surface area contributed by atoms with Gasteiger partial charge in [-0.3, -0.25) is 0 Å². The largest absolute Gasteiger partial charge is 0.468 e. The van der Waals surface area contributed by atoms with Crippen LogP contribution in [0.4, 0.5) is 0 Å². The molecule has 0 aromatic carbocycles. The van der Waals surface area contributed by atoms with Gasteiger partial charge in [-0.25, -0.2) is 0 Å². The molecule has 4 nitrogen and oxygen atoms in total. The van der Waals surface area contributed by atoms with Crippen LogP contribution in [0.3, 0.4) is 0 Å². The molecule has 1 aliphatic heterocycles. The summed E-state index contributed by atoms with van der Waals surface area (Å²) in [5.74, 6) is 1.00. The quantitative estimate of drug-likeness (QED) is 0.840. The van der Waals surface area contributed by atoms with E-state index in [-0.39, 0.29) is 0 Å². The fraction of sp³-hybridized carbons (Fsp3) is 0.714. The van der Waals surface area contributed by atoms with E-state index in [9.17, 15) is 0 Å². The van der Waals surface area contributed by atoms with E-state index >= 15 is 0 Å². The molecule has 1 aromatic heterocycles. The fourth-order valence-electron chi connectivity index (χ4n) is 2.25. The van der Waals surface area contributed by atoms with Gasteiger partial charge in [-0.15, -0.1) is 0 Å². The van der Waals surface area contributed by atoms with E-state index in [0.717, 1.165) is 44.8 Å². The van der Waals surface area contributed by atoms with Gasteiger partial charge >= 0.3 is 0 Å². The van der Waals surface area contributed by atoms with E-state index in [1.807, 2.05) is 6.07 Å². The number of likely N-dealkylation sites (tertiary alicyclic amines) is 1. The highest BCUT2D eigenvalue weighted by atomic mass is 16.5. The highest BCUT2D eigenvalue weighted by molar-refractivity contribution is 5.15. The summed E-state index contributed by atoms with van der Waals surface area (Å²) in [5.41, 5.74) is 1.18. The van der Waals surface area contributed by atoms with E-state index < -0.39 is 0 Å². The average molecular weight is 252 g/mol. The Kier molecular flexibility index (Phi) is 5.23. The fourth-order valence-corrected chi connectivity index (χ4v) is 2.25. The second kappa shape index (κ2) is 6.92. The van der Waals surface area contributed by atoms with Gasteiger partial charge in [0.25, 0.3) is 0 Å². The molecular formula is C14H24N2O2. The first-order valence-electron chi connectivity index (χ1n) is 6.85. The van der Waals surface area contributed by atoms with Crippen LogP contribution in [0.2, 0.25) is 0 Å². The Morgan fingerprint density at radius 2 is 2.22 bits per heavy atom. The summed E-state index contributed by atoms with van der Waals surface area (Å²) in [7, 11) is 2.17. The van der Waals surface area contributed by atoms with Crippen LogP contribution in [0, 0.1) is 0 Å². The molecule has 0 spiro atoms. The number of ether oxygens (including phenoxy) is 1. The molecule has 1 fully saturated rings. The third kappa shape index (κ3) is 3.83. The molecule has 0 amide bonds. The molecule has 2 heterocycles. The molecule has 18 heavy (non-hydrogen) atoms. The van der Waals surface area contributed by atoms with Crippen LogP contribution in [0.15, 0.2) is 16.7 Å². The number of hydrogen-bond donors (Lipinski definition) is 1. The molecule has 0 atom stereocenters. The first-order chi connectivity index (χ1) is 8.79. The van der Waals surface area contributed by atoms with Gasteiger partial charge in [-0.2, -0.15) is 0 Å². The topological polar surface area (TPSA) is 37.6 Å². The maximum absolute atomic E-state index is 5.98. The van der Waals surface area contributed by atoms with Crippen molar-refractivity contribution in [2.75, 3.05) is 26.7 Å². The molecule has 102 valence electrons. The molecule has 0 saturated carbocycles. The summed E-state index contributed by atoms with van der Waals surface area (Å²) >= 11 is 0. The minimum absolute atomic E-state index is 0.406. The Balaban J connectivity index is 1.77. The molecule has 1 aliphatic rings. The summed E-state index contributed by atoms with van der Waals surface area (Å²) in [6, 6.07) is 2.02. The normalized spacial score (nSPS) is 18.3. The summed E-state index contributed by atoms with van der Waals surface area (Å²) in [6.07, 6.45) is 4.43. The van der Waals surface area contributed by atoms with Gasteiger partial charge in [-0.1, -0.05) is 6.92 Å². The molecular weight excluding hydrogens is 228 g/mol. The second-order valence-electron chi connectivity index (χ2n) is 4.96. The monoisotopic (exact) mass is 252 g/mol. The lowest BCUT2D eigenvalue weighted by Gasteiger charge is -2.28. The van der Waals surface area contributed by atoms with E-state index in [2.05, 4.69) is 24.2 Å². The molecule has 0 bridgehead atoms. The van der Waals surface area contributed by atoms with Gasteiger partial charge in [0.15, 0.2) is 0 Å². The van der Waals surface area contributed by atoms with Gasteiger partial charge in [0.2, 0.25) is 0 Å². The van der Waals surface area contributed by atoms with E-state index in [1.54, 1.807) is 6.26 Å². The Labute approximate surface area is 109 Å². The summed E-state index contributed by atoms with van der Waals surface area (Å²) in [6.45, 7) is 6.79. The summed E-state index contributed by atoms with van der Waals surface area (Å²) in [4.78, 5) is 2.36. The number of piperidine rings is 1. The van der Waals surface area contributed by atoms with E-state index in [4.69, 9.17) is 9.15 Å². The predicted octanol–water partition coefficient (Wildman–Crippen LogP) is 2.00. The molecule has 0 unspecified atom stereocenters. The van der Waals surface area contributed by atoms with Crippen LogP contribution in [-0.2, 0) is 17.9 Å². The van der Waals surface area contributed by atoms with Gasteiger partial charge in [-0.05, 0) is 32.5 Å². The van der Waals surface area contributed by atoms with Crippen molar-refractivity contribution in [3.63, 3.8) is 0 Å². The van der Waals surface area contributed by atoms with E-state index in [0.29, 0.717) is 12.7 Å². The smallest absolute Gasteiger partial charge is 0.123 e. The molecule has 0 radical (unpaired) electrons. The lowest BCUT2D eigenvalue weighted by molar-refractivity contribution is 0.00157. The number of nitrogens with zero attached hydrogens (tertiary/aromatic N) is 1. The first kappa shape index (κ1) is 13.6. The minimum atomic E-state index is 0.406. The third-order valence-electron chi connectivity index (χ3n) is 3.51. The number of hydrogen-bond acceptors (Lipinski definition) is 4.